The standard InChI is InChI=1S/C14H16FNO3/c1-2-3-8-18-13-9-12(16-19-13)14(17)10-4-6-11(15)7-5-10/h4-7,13H,2-3,8-9H2,1H3. The van der Waals surface area contributed by atoms with Crippen molar-refractivity contribution in [1.29, 1.82) is 0 Å². The molecule has 2 rings (SSSR count). The Bertz CT molecular complexity index is 470. The number of benzene rings is 1. The molecule has 0 aliphatic carbocycles. The van der Waals surface area contributed by atoms with Gasteiger partial charge in [0.05, 0.1) is 13.0 Å². The molecule has 4 nitrogen and oxygen atoms in total. The van der Waals surface area contributed by atoms with Crippen LogP contribution in [0.5, 0.6) is 0 Å². The van der Waals surface area contributed by atoms with Crippen molar-refractivity contribution in [1.82, 2.24) is 0 Å². The van der Waals surface area contributed by atoms with E-state index in [1.165, 1.54) is 24.3 Å². The van der Waals surface area contributed by atoms with Crippen LogP contribution in [0.3, 0.4) is 0 Å². The van der Waals surface area contributed by atoms with E-state index in [9.17, 15) is 9.18 Å². The Morgan fingerprint density at radius 2 is 2.21 bits per heavy atom. The predicted octanol–water partition coefficient (Wildman–Crippen LogP) is 2.93. The van der Waals surface area contributed by atoms with Crippen LogP contribution in [0.2, 0.25) is 0 Å². The average molecular weight is 265 g/mol. The summed E-state index contributed by atoms with van der Waals surface area (Å²) in [5, 5.41) is 3.74. The number of unbranched alkanes of at least 4 members (excludes halogenated alkanes) is 1. The van der Waals surface area contributed by atoms with Crippen LogP contribution >= 0.6 is 0 Å². The van der Waals surface area contributed by atoms with Gasteiger partial charge in [-0.3, -0.25) is 4.79 Å². The molecule has 0 bridgehead atoms. The molecule has 0 fully saturated rings. The SMILES string of the molecule is CCCCOC1CC(C(=O)c2ccc(F)cc2)=NO1. The largest absolute Gasteiger partial charge is 0.363 e. The molecule has 1 heterocycles. The Balaban J connectivity index is 1.89. The molecule has 0 saturated heterocycles. The molecule has 1 aromatic carbocycles. The third kappa shape index (κ3) is 3.61. The van der Waals surface area contributed by atoms with Gasteiger partial charge in [-0.2, -0.15) is 0 Å². The number of hydrogen-bond acceptors (Lipinski definition) is 4. The average Bonchev–Trinajstić information content (AvgIpc) is 2.88. The quantitative estimate of drug-likeness (QED) is 0.587. The first-order chi connectivity index (χ1) is 9.20. The van der Waals surface area contributed by atoms with E-state index in [1.807, 2.05) is 0 Å². The molecule has 0 saturated carbocycles. The summed E-state index contributed by atoms with van der Waals surface area (Å²) in [5.74, 6) is -0.622. The van der Waals surface area contributed by atoms with Gasteiger partial charge in [-0.1, -0.05) is 18.5 Å². The Hall–Kier alpha value is -1.75. The third-order valence-electron chi connectivity index (χ3n) is 2.81. The molecule has 1 aromatic rings. The molecular weight excluding hydrogens is 249 g/mol. The van der Waals surface area contributed by atoms with Crippen LogP contribution in [0, 0.1) is 5.82 Å². The molecule has 0 aromatic heterocycles. The number of ketones is 1. The molecular formula is C14H16FNO3. The highest BCUT2D eigenvalue weighted by Gasteiger charge is 2.27. The Kier molecular flexibility index (Phi) is 4.63. The summed E-state index contributed by atoms with van der Waals surface area (Å²) in [5.41, 5.74) is 0.714. The van der Waals surface area contributed by atoms with Crippen LogP contribution in [-0.2, 0) is 9.57 Å². The van der Waals surface area contributed by atoms with Gasteiger partial charge in [0.15, 0.2) is 0 Å². The smallest absolute Gasteiger partial charge is 0.232 e. The van der Waals surface area contributed by atoms with Gasteiger partial charge in [-0.15, -0.1) is 0 Å². The predicted molar refractivity (Wildman–Crippen MR) is 68.5 cm³/mol. The highest BCUT2D eigenvalue weighted by Crippen LogP contribution is 2.16. The maximum absolute atomic E-state index is 12.8. The van der Waals surface area contributed by atoms with Gasteiger partial charge >= 0.3 is 0 Å². The van der Waals surface area contributed by atoms with E-state index >= 15 is 0 Å². The summed E-state index contributed by atoms with van der Waals surface area (Å²) in [6, 6.07) is 5.37. The number of carbonyl (C=O) groups is 1. The van der Waals surface area contributed by atoms with Gasteiger partial charge in [0.2, 0.25) is 12.1 Å². The number of oxime groups is 1. The monoisotopic (exact) mass is 265 g/mol. The first-order valence-corrected chi connectivity index (χ1v) is 6.35. The van der Waals surface area contributed by atoms with Gasteiger partial charge in [-0.05, 0) is 30.7 Å². The summed E-state index contributed by atoms with van der Waals surface area (Å²) in [4.78, 5) is 17.1. The van der Waals surface area contributed by atoms with Crippen molar-refractivity contribution in [3.05, 3.63) is 35.6 Å². The summed E-state index contributed by atoms with van der Waals surface area (Å²) in [6.45, 7) is 2.66. The van der Waals surface area contributed by atoms with Gasteiger partial charge < -0.3 is 9.57 Å². The minimum atomic E-state index is -0.481. The van der Waals surface area contributed by atoms with E-state index in [1.54, 1.807) is 0 Å². The fourth-order valence-electron chi connectivity index (χ4n) is 1.71. The molecule has 1 atom stereocenters. The molecule has 1 aliphatic rings. The lowest BCUT2D eigenvalue weighted by atomic mass is 10.1. The molecule has 0 N–H and O–H groups in total. The van der Waals surface area contributed by atoms with E-state index in [-0.39, 0.29) is 11.6 Å². The minimum absolute atomic E-state index is 0.249. The Morgan fingerprint density at radius 1 is 1.47 bits per heavy atom. The van der Waals surface area contributed by atoms with E-state index < -0.39 is 6.29 Å². The number of hydrogen-bond donors (Lipinski definition) is 0. The lowest BCUT2D eigenvalue weighted by Gasteiger charge is -2.08. The maximum Gasteiger partial charge on any atom is 0.232 e. The third-order valence-corrected chi connectivity index (χ3v) is 2.81. The zero-order chi connectivity index (χ0) is 13.7. The van der Waals surface area contributed by atoms with Crippen LogP contribution in [0.25, 0.3) is 0 Å². The van der Waals surface area contributed by atoms with Gasteiger partial charge in [0.25, 0.3) is 0 Å². The van der Waals surface area contributed by atoms with Crippen LogP contribution in [-0.4, -0.2) is 24.4 Å². The topological polar surface area (TPSA) is 47.9 Å². The fourth-order valence-corrected chi connectivity index (χ4v) is 1.71. The van der Waals surface area contributed by atoms with Gasteiger partial charge in [0, 0.05) is 5.56 Å². The number of nitrogens with zero attached hydrogens (tertiary/aromatic N) is 1. The Morgan fingerprint density at radius 3 is 2.89 bits per heavy atom. The molecule has 0 radical (unpaired) electrons. The second-order valence-electron chi connectivity index (χ2n) is 4.34. The number of rotatable bonds is 6. The maximum atomic E-state index is 12.8. The summed E-state index contributed by atoms with van der Waals surface area (Å²) in [6.07, 6.45) is 1.83. The van der Waals surface area contributed by atoms with Crippen molar-refractivity contribution in [3.8, 4) is 0 Å². The molecule has 1 unspecified atom stereocenters. The molecule has 0 amide bonds. The number of Topliss-reactive ketones (excluding diaryl/α,β-unsaturated/α-hetero) is 1. The zero-order valence-electron chi connectivity index (χ0n) is 10.8. The molecule has 5 heteroatoms. The zero-order valence-corrected chi connectivity index (χ0v) is 10.8. The molecule has 102 valence electrons. The van der Waals surface area contributed by atoms with Crippen molar-refractivity contribution in [2.45, 2.75) is 32.5 Å². The van der Waals surface area contributed by atoms with Crippen molar-refractivity contribution in [2.75, 3.05) is 6.61 Å². The molecule has 0 spiro atoms. The second-order valence-corrected chi connectivity index (χ2v) is 4.34. The lowest BCUT2D eigenvalue weighted by molar-refractivity contribution is -0.124. The van der Waals surface area contributed by atoms with E-state index in [0.29, 0.717) is 24.3 Å². The van der Waals surface area contributed by atoms with Crippen LogP contribution in [0.15, 0.2) is 29.4 Å². The van der Waals surface area contributed by atoms with Gasteiger partial charge in [0.1, 0.15) is 11.5 Å². The fraction of sp³-hybridized carbons (Fsp3) is 0.429. The Labute approximate surface area is 111 Å². The first kappa shape index (κ1) is 13.7. The van der Waals surface area contributed by atoms with Crippen LogP contribution < -0.4 is 0 Å². The van der Waals surface area contributed by atoms with E-state index in [2.05, 4.69) is 12.1 Å². The van der Waals surface area contributed by atoms with Gasteiger partial charge in [-0.25, -0.2) is 4.39 Å². The van der Waals surface area contributed by atoms with Crippen molar-refractivity contribution < 1.29 is 18.8 Å². The molecule has 1 aliphatic heterocycles. The van der Waals surface area contributed by atoms with Crippen LogP contribution in [0.1, 0.15) is 36.5 Å². The van der Waals surface area contributed by atoms with Crippen LogP contribution in [0.4, 0.5) is 4.39 Å². The summed E-state index contributed by atoms with van der Waals surface area (Å²) < 4.78 is 18.2. The van der Waals surface area contributed by atoms with Crippen molar-refractivity contribution in [2.24, 2.45) is 5.16 Å². The normalized spacial score (nSPS) is 18.0. The first-order valence-electron chi connectivity index (χ1n) is 6.35. The molecule has 19 heavy (non-hydrogen) atoms. The van der Waals surface area contributed by atoms with Crippen molar-refractivity contribution >= 4 is 11.5 Å². The van der Waals surface area contributed by atoms with Crippen molar-refractivity contribution in [3.63, 3.8) is 0 Å². The number of halogens is 1. The second kappa shape index (κ2) is 6.43. The highest BCUT2D eigenvalue weighted by molar-refractivity contribution is 6.46. The summed E-state index contributed by atoms with van der Waals surface area (Å²) >= 11 is 0. The minimum Gasteiger partial charge on any atom is -0.363 e. The summed E-state index contributed by atoms with van der Waals surface area (Å²) in [7, 11) is 0. The lowest BCUT2D eigenvalue weighted by Crippen LogP contribution is -2.18. The van der Waals surface area contributed by atoms with E-state index in [4.69, 9.17) is 9.57 Å². The number of carbonyl (C=O) groups excluding carboxylic acids is 1. The highest BCUT2D eigenvalue weighted by atomic mass is 19.1. The van der Waals surface area contributed by atoms with E-state index in [0.717, 1.165) is 12.8 Å². The number of ether oxygens (including phenoxy) is 1.